The highest BCUT2D eigenvalue weighted by molar-refractivity contribution is 5.31. The molecule has 5 nitrogen and oxygen atoms in total. The summed E-state index contributed by atoms with van der Waals surface area (Å²) in [7, 11) is 0. The van der Waals surface area contributed by atoms with E-state index >= 15 is 0 Å². The van der Waals surface area contributed by atoms with E-state index in [9.17, 15) is 0 Å². The lowest BCUT2D eigenvalue weighted by Crippen LogP contribution is -2.45. The molecule has 0 N–H and O–H groups in total. The third-order valence-electron chi connectivity index (χ3n) is 3.80. The van der Waals surface area contributed by atoms with Crippen molar-refractivity contribution >= 4 is 6.01 Å². The normalized spacial score (nSPS) is 22.8. The molecule has 0 spiro atoms. The van der Waals surface area contributed by atoms with E-state index in [2.05, 4.69) is 47.9 Å². The highest BCUT2D eigenvalue weighted by Gasteiger charge is 2.30. The lowest BCUT2D eigenvalue weighted by atomic mass is 10.1. The van der Waals surface area contributed by atoms with Gasteiger partial charge in [-0.15, -0.1) is 0 Å². The van der Waals surface area contributed by atoms with E-state index in [0.717, 1.165) is 12.4 Å². The van der Waals surface area contributed by atoms with Crippen LogP contribution in [0.3, 0.4) is 0 Å². The molecule has 1 fully saturated rings. The third kappa shape index (κ3) is 2.93. The van der Waals surface area contributed by atoms with Crippen LogP contribution in [0, 0.1) is 0 Å². The largest absolute Gasteiger partial charge is 0.370 e. The predicted octanol–water partition coefficient (Wildman–Crippen LogP) is 3.16. The minimum Gasteiger partial charge on any atom is -0.370 e. The van der Waals surface area contributed by atoms with Gasteiger partial charge in [0.25, 0.3) is 0 Å². The van der Waals surface area contributed by atoms with Crippen molar-refractivity contribution < 1.29 is 9.26 Å². The van der Waals surface area contributed by atoms with Crippen LogP contribution in [-0.2, 0) is 4.74 Å². The Morgan fingerprint density at radius 2 is 2.00 bits per heavy atom. The van der Waals surface area contributed by atoms with Gasteiger partial charge in [0.1, 0.15) is 6.10 Å². The summed E-state index contributed by atoms with van der Waals surface area (Å²) in [6, 6.07) is 11.1. The number of nitrogens with zero attached hydrogens (tertiary/aromatic N) is 3. The molecule has 1 aromatic carbocycles. The molecule has 1 aliphatic rings. The number of aromatic nitrogens is 2. The van der Waals surface area contributed by atoms with Gasteiger partial charge in [-0.05, 0) is 12.5 Å². The first-order valence-corrected chi connectivity index (χ1v) is 7.42. The molecule has 0 aliphatic carbocycles. The number of rotatable bonds is 3. The first-order valence-electron chi connectivity index (χ1n) is 7.42. The third-order valence-corrected chi connectivity index (χ3v) is 3.80. The Labute approximate surface area is 124 Å². The highest BCUT2D eigenvalue weighted by Crippen LogP contribution is 2.28. The van der Waals surface area contributed by atoms with Crippen molar-refractivity contribution in [2.45, 2.75) is 38.8 Å². The van der Waals surface area contributed by atoms with Crippen LogP contribution in [0.1, 0.15) is 44.2 Å². The molecular formula is C16H21N3O2. The maximum Gasteiger partial charge on any atom is 0.324 e. The van der Waals surface area contributed by atoms with Gasteiger partial charge in [0.05, 0.1) is 19.2 Å². The van der Waals surface area contributed by atoms with Crippen LogP contribution in [-0.4, -0.2) is 29.3 Å². The van der Waals surface area contributed by atoms with Crippen molar-refractivity contribution in [2.24, 2.45) is 0 Å². The Balaban J connectivity index is 1.80. The summed E-state index contributed by atoms with van der Waals surface area (Å²) < 4.78 is 11.4. The molecule has 3 rings (SSSR count). The van der Waals surface area contributed by atoms with Gasteiger partial charge < -0.3 is 14.2 Å². The number of hydrogen-bond acceptors (Lipinski definition) is 5. The Morgan fingerprint density at radius 3 is 2.67 bits per heavy atom. The molecule has 1 aliphatic heterocycles. The summed E-state index contributed by atoms with van der Waals surface area (Å²) in [5.41, 5.74) is 1.18. The molecule has 5 heteroatoms. The highest BCUT2D eigenvalue weighted by atomic mass is 16.5. The fourth-order valence-corrected chi connectivity index (χ4v) is 2.47. The molecule has 2 aromatic rings. The second-order valence-electron chi connectivity index (χ2n) is 5.82. The van der Waals surface area contributed by atoms with Crippen LogP contribution in [0.2, 0.25) is 0 Å². The van der Waals surface area contributed by atoms with Crippen LogP contribution in [0.4, 0.5) is 6.01 Å². The van der Waals surface area contributed by atoms with Crippen molar-refractivity contribution in [1.82, 2.24) is 10.1 Å². The molecule has 0 radical (unpaired) electrons. The van der Waals surface area contributed by atoms with Crippen molar-refractivity contribution in [2.75, 3.05) is 18.1 Å². The van der Waals surface area contributed by atoms with E-state index in [1.807, 2.05) is 18.2 Å². The summed E-state index contributed by atoms with van der Waals surface area (Å²) in [5.74, 6) is 1.02. The first-order chi connectivity index (χ1) is 10.1. The summed E-state index contributed by atoms with van der Waals surface area (Å²) >= 11 is 0. The maximum absolute atomic E-state index is 5.95. The summed E-state index contributed by atoms with van der Waals surface area (Å²) in [6.07, 6.45) is 0.0387. The Morgan fingerprint density at radius 1 is 1.24 bits per heavy atom. The Hall–Kier alpha value is -1.88. The summed E-state index contributed by atoms with van der Waals surface area (Å²) in [6.45, 7) is 7.61. The Bertz CT molecular complexity index is 582. The molecule has 1 aromatic heterocycles. The topological polar surface area (TPSA) is 51.4 Å². The number of benzene rings is 1. The lowest BCUT2D eigenvalue weighted by molar-refractivity contribution is 0.0191. The van der Waals surface area contributed by atoms with Crippen molar-refractivity contribution in [3.8, 4) is 0 Å². The van der Waals surface area contributed by atoms with E-state index < -0.39 is 0 Å². The minimum absolute atomic E-state index is 0.0387. The molecule has 2 atom stereocenters. The molecule has 2 heterocycles. The SMILES string of the molecule is CC(C)c1noc(N2C[C@@H](c3ccccc3)OC[C@@H]2C)n1. The smallest absolute Gasteiger partial charge is 0.324 e. The second kappa shape index (κ2) is 5.85. The molecule has 112 valence electrons. The first kappa shape index (κ1) is 14.1. The van der Waals surface area contributed by atoms with Gasteiger partial charge in [-0.1, -0.05) is 49.3 Å². The zero-order valence-corrected chi connectivity index (χ0v) is 12.7. The quantitative estimate of drug-likeness (QED) is 0.868. The van der Waals surface area contributed by atoms with Gasteiger partial charge in [0, 0.05) is 5.92 Å². The summed E-state index contributed by atoms with van der Waals surface area (Å²) in [5, 5.41) is 4.05. The number of morpholine rings is 1. The molecule has 1 saturated heterocycles. The zero-order chi connectivity index (χ0) is 14.8. The van der Waals surface area contributed by atoms with E-state index in [-0.39, 0.29) is 18.1 Å². The van der Waals surface area contributed by atoms with E-state index in [1.54, 1.807) is 0 Å². The van der Waals surface area contributed by atoms with Crippen molar-refractivity contribution in [3.05, 3.63) is 41.7 Å². The van der Waals surface area contributed by atoms with Crippen LogP contribution in [0.5, 0.6) is 0 Å². The van der Waals surface area contributed by atoms with Crippen LogP contribution >= 0.6 is 0 Å². The van der Waals surface area contributed by atoms with Crippen molar-refractivity contribution in [1.29, 1.82) is 0 Å². The monoisotopic (exact) mass is 287 g/mol. The molecule has 0 amide bonds. The minimum atomic E-state index is 0.0387. The lowest BCUT2D eigenvalue weighted by Gasteiger charge is -2.36. The van der Waals surface area contributed by atoms with E-state index in [4.69, 9.17) is 9.26 Å². The molecule has 0 unspecified atom stereocenters. The van der Waals surface area contributed by atoms with Gasteiger partial charge in [0.15, 0.2) is 5.82 Å². The molecule has 0 saturated carbocycles. The average Bonchev–Trinajstić information content (AvgIpc) is 2.98. The number of ether oxygens (including phenoxy) is 1. The number of anilines is 1. The standard InChI is InChI=1S/C16H21N3O2/c1-11(2)15-17-16(21-18-15)19-9-14(20-10-12(19)3)13-7-5-4-6-8-13/h4-8,11-12,14H,9-10H2,1-3H3/t12-,14-/m0/s1. The Kier molecular flexibility index (Phi) is 3.92. The van der Waals surface area contributed by atoms with Crippen LogP contribution in [0.25, 0.3) is 0 Å². The molecule has 0 bridgehead atoms. The fourth-order valence-electron chi connectivity index (χ4n) is 2.47. The fraction of sp³-hybridized carbons (Fsp3) is 0.500. The van der Waals surface area contributed by atoms with Gasteiger partial charge in [-0.25, -0.2) is 0 Å². The van der Waals surface area contributed by atoms with Crippen molar-refractivity contribution in [3.63, 3.8) is 0 Å². The van der Waals surface area contributed by atoms with Gasteiger partial charge in [0.2, 0.25) is 0 Å². The van der Waals surface area contributed by atoms with Gasteiger partial charge >= 0.3 is 6.01 Å². The van der Waals surface area contributed by atoms with E-state index in [1.165, 1.54) is 5.56 Å². The van der Waals surface area contributed by atoms with Gasteiger partial charge in [-0.3, -0.25) is 0 Å². The van der Waals surface area contributed by atoms with Crippen LogP contribution in [0.15, 0.2) is 34.9 Å². The van der Waals surface area contributed by atoms with E-state index in [0.29, 0.717) is 12.6 Å². The summed E-state index contributed by atoms with van der Waals surface area (Å²) in [4.78, 5) is 6.64. The maximum atomic E-state index is 5.95. The van der Waals surface area contributed by atoms with Crippen LogP contribution < -0.4 is 4.90 Å². The molecular weight excluding hydrogens is 266 g/mol. The van der Waals surface area contributed by atoms with Gasteiger partial charge in [-0.2, -0.15) is 4.98 Å². The molecule has 21 heavy (non-hydrogen) atoms. The predicted molar refractivity (Wildman–Crippen MR) is 80.3 cm³/mol. The number of hydrogen-bond donors (Lipinski definition) is 0. The second-order valence-corrected chi connectivity index (χ2v) is 5.82. The average molecular weight is 287 g/mol. The zero-order valence-electron chi connectivity index (χ0n) is 12.7.